The molecule has 3 unspecified atom stereocenters. The highest BCUT2D eigenvalue weighted by atomic mass is 16.5. The van der Waals surface area contributed by atoms with E-state index in [2.05, 4.69) is 13.8 Å². The third-order valence-corrected chi connectivity index (χ3v) is 6.21. The first-order valence-corrected chi connectivity index (χ1v) is 11.0. The van der Waals surface area contributed by atoms with E-state index in [0.29, 0.717) is 12.5 Å². The maximum atomic E-state index is 12.7. The Bertz CT molecular complexity index is 428. The van der Waals surface area contributed by atoms with Crippen LogP contribution in [-0.4, -0.2) is 24.6 Å². The largest absolute Gasteiger partial charge is 0.465 e. The molecule has 0 bridgehead atoms. The van der Waals surface area contributed by atoms with Crippen molar-refractivity contribution in [2.45, 2.75) is 103 Å². The Balaban J connectivity index is 1.85. The van der Waals surface area contributed by atoms with Crippen LogP contribution < -0.4 is 0 Å². The van der Waals surface area contributed by atoms with E-state index in [1.54, 1.807) is 0 Å². The molecule has 0 aromatic rings. The molecule has 4 nitrogen and oxygen atoms in total. The maximum Gasteiger partial charge on any atom is 0.310 e. The third-order valence-electron chi connectivity index (χ3n) is 6.21. The van der Waals surface area contributed by atoms with E-state index >= 15 is 0 Å². The second kappa shape index (κ2) is 11.6. The van der Waals surface area contributed by atoms with E-state index in [0.717, 1.165) is 64.2 Å². The standard InChI is InChI=1S/C22H38O4/c1-3-5-11-17(4-2)16-25-21(23)19-14-9-10-15-20(19)22(24)26-18-12-7-6-8-13-18/h17-20H,3-16H2,1-2H3. The molecule has 2 aliphatic rings. The first-order chi connectivity index (χ1) is 12.7. The van der Waals surface area contributed by atoms with Gasteiger partial charge in [0.2, 0.25) is 0 Å². The van der Waals surface area contributed by atoms with Gasteiger partial charge in [-0.25, -0.2) is 0 Å². The van der Waals surface area contributed by atoms with Gasteiger partial charge in [-0.15, -0.1) is 0 Å². The minimum absolute atomic E-state index is 0.0633. The van der Waals surface area contributed by atoms with Gasteiger partial charge in [-0.1, -0.05) is 52.4 Å². The summed E-state index contributed by atoms with van der Waals surface area (Å²) in [5, 5.41) is 0. The van der Waals surface area contributed by atoms with Gasteiger partial charge in [0, 0.05) is 0 Å². The monoisotopic (exact) mass is 366 g/mol. The van der Waals surface area contributed by atoms with Gasteiger partial charge in [-0.3, -0.25) is 9.59 Å². The predicted molar refractivity (Wildman–Crippen MR) is 103 cm³/mol. The number of carbonyl (C=O) groups is 2. The average Bonchev–Trinajstić information content (AvgIpc) is 2.68. The second-order valence-corrected chi connectivity index (χ2v) is 8.24. The summed E-state index contributed by atoms with van der Waals surface area (Å²) in [6, 6.07) is 0. The van der Waals surface area contributed by atoms with Crippen LogP contribution in [0.5, 0.6) is 0 Å². The molecule has 0 heterocycles. The van der Waals surface area contributed by atoms with Gasteiger partial charge in [0.05, 0.1) is 18.4 Å². The lowest BCUT2D eigenvalue weighted by atomic mass is 9.79. The van der Waals surface area contributed by atoms with E-state index in [4.69, 9.17) is 9.47 Å². The number of esters is 2. The average molecular weight is 367 g/mol. The zero-order chi connectivity index (χ0) is 18.8. The van der Waals surface area contributed by atoms with Crippen LogP contribution in [0.2, 0.25) is 0 Å². The summed E-state index contributed by atoms with van der Waals surface area (Å²) < 4.78 is 11.4. The van der Waals surface area contributed by atoms with Crippen molar-refractivity contribution in [2.75, 3.05) is 6.61 Å². The molecule has 2 aliphatic carbocycles. The van der Waals surface area contributed by atoms with Crippen LogP contribution in [0.3, 0.4) is 0 Å². The van der Waals surface area contributed by atoms with E-state index in [1.165, 1.54) is 19.3 Å². The number of carbonyl (C=O) groups excluding carboxylic acids is 2. The molecule has 0 aromatic carbocycles. The van der Waals surface area contributed by atoms with E-state index in [1.807, 2.05) is 0 Å². The molecule has 2 rings (SSSR count). The molecule has 2 fully saturated rings. The lowest BCUT2D eigenvalue weighted by Gasteiger charge is -2.31. The lowest BCUT2D eigenvalue weighted by Crippen LogP contribution is -2.37. The highest BCUT2D eigenvalue weighted by Gasteiger charge is 2.39. The minimum atomic E-state index is -0.302. The third kappa shape index (κ3) is 6.59. The minimum Gasteiger partial charge on any atom is -0.465 e. The predicted octanol–water partition coefficient (Wildman–Crippen LogP) is 5.43. The van der Waals surface area contributed by atoms with Crippen LogP contribution in [0.15, 0.2) is 0 Å². The molecule has 0 radical (unpaired) electrons. The smallest absolute Gasteiger partial charge is 0.310 e. The van der Waals surface area contributed by atoms with Crippen molar-refractivity contribution >= 4 is 11.9 Å². The summed E-state index contributed by atoms with van der Waals surface area (Å²) in [7, 11) is 0. The maximum absolute atomic E-state index is 12.7. The molecule has 3 atom stereocenters. The summed E-state index contributed by atoms with van der Waals surface area (Å²) in [5.74, 6) is -0.491. The van der Waals surface area contributed by atoms with Crippen LogP contribution in [0, 0.1) is 17.8 Å². The van der Waals surface area contributed by atoms with Gasteiger partial charge in [0.25, 0.3) is 0 Å². The normalized spacial score (nSPS) is 25.5. The second-order valence-electron chi connectivity index (χ2n) is 8.24. The molecular formula is C22H38O4. The molecule has 0 N–H and O–H groups in total. The summed E-state index contributed by atoms with van der Waals surface area (Å²) >= 11 is 0. The molecule has 4 heteroatoms. The van der Waals surface area contributed by atoms with Crippen molar-refractivity contribution in [1.82, 2.24) is 0 Å². The summed E-state index contributed by atoms with van der Waals surface area (Å²) in [6.07, 6.45) is 13.6. The molecular weight excluding hydrogens is 328 g/mol. The molecule has 150 valence electrons. The van der Waals surface area contributed by atoms with Crippen molar-refractivity contribution in [3.8, 4) is 0 Å². The van der Waals surface area contributed by atoms with Crippen LogP contribution in [0.25, 0.3) is 0 Å². The van der Waals surface area contributed by atoms with Gasteiger partial charge in [-0.05, 0) is 50.9 Å². The summed E-state index contributed by atoms with van der Waals surface area (Å²) in [5.41, 5.74) is 0. The van der Waals surface area contributed by atoms with E-state index < -0.39 is 0 Å². The fraction of sp³-hybridized carbons (Fsp3) is 0.909. The molecule has 0 saturated heterocycles. The Hall–Kier alpha value is -1.06. The van der Waals surface area contributed by atoms with Gasteiger partial charge < -0.3 is 9.47 Å². The molecule has 0 aromatic heterocycles. The fourth-order valence-corrected chi connectivity index (χ4v) is 4.33. The molecule has 0 amide bonds. The number of ether oxygens (including phenoxy) is 2. The van der Waals surface area contributed by atoms with Crippen molar-refractivity contribution in [2.24, 2.45) is 17.8 Å². The van der Waals surface area contributed by atoms with Crippen LogP contribution in [0.1, 0.15) is 97.3 Å². The summed E-state index contributed by atoms with van der Waals surface area (Å²) in [4.78, 5) is 25.4. The first kappa shape index (κ1) is 21.2. The quantitative estimate of drug-likeness (QED) is 0.511. The zero-order valence-electron chi connectivity index (χ0n) is 16.8. The van der Waals surface area contributed by atoms with Crippen LogP contribution in [-0.2, 0) is 19.1 Å². The molecule has 0 aliphatic heterocycles. The van der Waals surface area contributed by atoms with Crippen molar-refractivity contribution < 1.29 is 19.1 Å². The molecule has 2 saturated carbocycles. The Morgan fingerprint density at radius 3 is 2.12 bits per heavy atom. The van der Waals surface area contributed by atoms with Crippen molar-refractivity contribution in [3.05, 3.63) is 0 Å². The van der Waals surface area contributed by atoms with Crippen molar-refractivity contribution in [3.63, 3.8) is 0 Å². The van der Waals surface area contributed by atoms with E-state index in [9.17, 15) is 9.59 Å². The Morgan fingerprint density at radius 2 is 1.50 bits per heavy atom. The number of hydrogen-bond acceptors (Lipinski definition) is 4. The zero-order valence-corrected chi connectivity index (χ0v) is 16.8. The molecule has 0 spiro atoms. The van der Waals surface area contributed by atoms with Crippen molar-refractivity contribution in [1.29, 1.82) is 0 Å². The van der Waals surface area contributed by atoms with Crippen LogP contribution >= 0.6 is 0 Å². The highest BCUT2D eigenvalue weighted by molar-refractivity contribution is 5.82. The Kier molecular flexibility index (Phi) is 9.49. The van der Waals surface area contributed by atoms with Gasteiger partial charge in [-0.2, -0.15) is 0 Å². The van der Waals surface area contributed by atoms with E-state index in [-0.39, 0.29) is 29.9 Å². The highest BCUT2D eigenvalue weighted by Crippen LogP contribution is 2.33. The summed E-state index contributed by atoms with van der Waals surface area (Å²) in [6.45, 7) is 4.83. The number of rotatable bonds is 9. The van der Waals surface area contributed by atoms with Gasteiger partial charge in [0.15, 0.2) is 0 Å². The van der Waals surface area contributed by atoms with Gasteiger partial charge in [0.1, 0.15) is 6.10 Å². The topological polar surface area (TPSA) is 52.6 Å². The lowest BCUT2D eigenvalue weighted by molar-refractivity contribution is -0.167. The van der Waals surface area contributed by atoms with Crippen LogP contribution in [0.4, 0.5) is 0 Å². The SMILES string of the molecule is CCCCC(CC)COC(=O)C1CCCCC1C(=O)OC1CCCCC1. The Labute approximate surface area is 159 Å². The van der Waals surface area contributed by atoms with Gasteiger partial charge >= 0.3 is 11.9 Å². The number of hydrogen-bond donors (Lipinski definition) is 0. The fourth-order valence-electron chi connectivity index (χ4n) is 4.33. The number of unbranched alkanes of at least 4 members (excludes halogenated alkanes) is 1. The Morgan fingerprint density at radius 1 is 0.885 bits per heavy atom. The first-order valence-electron chi connectivity index (χ1n) is 11.0. The molecule has 26 heavy (non-hydrogen) atoms.